The van der Waals surface area contributed by atoms with Gasteiger partial charge in [-0.3, -0.25) is 4.90 Å². The molecule has 4 heteroatoms. The van der Waals surface area contributed by atoms with Gasteiger partial charge in [0.1, 0.15) is 11.6 Å². The van der Waals surface area contributed by atoms with Crippen LogP contribution < -0.4 is 4.74 Å². The van der Waals surface area contributed by atoms with Crippen LogP contribution in [0.4, 0.5) is 4.39 Å². The number of hydrogen-bond donors (Lipinski definition) is 1. The predicted molar refractivity (Wildman–Crippen MR) is 110 cm³/mol. The number of rotatable bonds is 9. The average Bonchev–Trinajstić information content (AvgIpc) is 2.71. The zero-order valence-corrected chi connectivity index (χ0v) is 16.1. The zero-order chi connectivity index (χ0) is 19.8. The largest absolute Gasteiger partial charge is 0.497 e. The van der Waals surface area contributed by atoms with E-state index in [2.05, 4.69) is 4.90 Å². The number of halogens is 1. The highest BCUT2D eigenvalue weighted by Crippen LogP contribution is 2.17. The van der Waals surface area contributed by atoms with E-state index in [0.29, 0.717) is 31.6 Å². The maximum Gasteiger partial charge on any atom is 0.127 e. The van der Waals surface area contributed by atoms with E-state index >= 15 is 0 Å². The van der Waals surface area contributed by atoms with Crippen molar-refractivity contribution >= 4 is 0 Å². The topological polar surface area (TPSA) is 32.7 Å². The molecule has 3 rings (SSSR count). The molecule has 1 atom stereocenters. The van der Waals surface area contributed by atoms with Crippen LogP contribution in [0.1, 0.15) is 16.7 Å². The Labute approximate surface area is 166 Å². The van der Waals surface area contributed by atoms with Crippen LogP contribution in [0.3, 0.4) is 0 Å². The van der Waals surface area contributed by atoms with Crippen LogP contribution in [0.2, 0.25) is 0 Å². The van der Waals surface area contributed by atoms with E-state index in [1.165, 1.54) is 6.07 Å². The number of nitrogens with zero attached hydrogens (tertiary/aromatic N) is 1. The van der Waals surface area contributed by atoms with Gasteiger partial charge in [-0.25, -0.2) is 4.39 Å². The first-order chi connectivity index (χ1) is 13.6. The zero-order valence-electron chi connectivity index (χ0n) is 16.1. The Hall–Kier alpha value is -2.69. The second kappa shape index (κ2) is 10.0. The summed E-state index contributed by atoms with van der Waals surface area (Å²) in [5.74, 6) is 0.577. The van der Waals surface area contributed by atoms with E-state index < -0.39 is 6.10 Å². The van der Waals surface area contributed by atoms with Crippen LogP contribution in [-0.2, 0) is 19.5 Å². The lowest BCUT2D eigenvalue weighted by Gasteiger charge is -2.26. The SMILES string of the molecule is COc1ccc(CN(Cc2ccccc2F)CC(O)Cc2ccccc2)cc1. The molecule has 0 aromatic heterocycles. The smallest absolute Gasteiger partial charge is 0.127 e. The Morgan fingerprint density at radius 1 is 0.857 bits per heavy atom. The standard InChI is InChI=1S/C24H26FNO2/c1-28-23-13-11-20(12-14-23)16-26(17-21-9-5-6-10-24(21)25)18-22(27)15-19-7-3-2-4-8-19/h2-14,22,27H,15-18H2,1H3. The molecule has 0 saturated heterocycles. The molecular weight excluding hydrogens is 353 g/mol. The number of methoxy groups -OCH3 is 1. The third kappa shape index (κ3) is 5.91. The summed E-state index contributed by atoms with van der Waals surface area (Å²) in [7, 11) is 1.64. The minimum Gasteiger partial charge on any atom is -0.497 e. The fraction of sp³-hybridized carbons (Fsp3) is 0.250. The lowest BCUT2D eigenvalue weighted by atomic mass is 10.1. The highest BCUT2D eigenvalue weighted by molar-refractivity contribution is 5.27. The van der Waals surface area contributed by atoms with Crippen LogP contribution in [0, 0.1) is 5.82 Å². The highest BCUT2D eigenvalue weighted by Gasteiger charge is 2.15. The van der Waals surface area contributed by atoms with E-state index in [9.17, 15) is 9.50 Å². The minimum absolute atomic E-state index is 0.222. The molecule has 0 radical (unpaired) electrons. The lowest BCUT2D eigenvalue weighted by molar-refractivity contribution is 0.104. The molecule has 0 aliphatic carbocycles. The molecule has 0 saturated carbocycles. The molecule has 28 heavy (non-hydrogen) atoms. The molecule has 3 nitrogen and oxygen atoms in total. The van der Waals surface area contributed by atoms with Crippen LogP contribution >= 0.6 is 0 Å². The molecule has 0 spiro atoms. The molecule has 3 aromatic rings. The molecule has 0 bridgehead atoms. The van der Waals surface area contributed by atoms with E-state index in [1.54, 1.807) is 19.2 Å². The van der Waals surface area contributed by atoms with Crippen molar-refractivity contribution in [3.8, 4) is 5.75 Å². The number of benzene rings is 3. The molecule has 1 unspecified atom stereocenters. The van der Waals surface area contributed by atoms with Crippen LogP contribution in [0.25, 0.3) is 0 Å². The number of aliphatic hydroxyl groups is 1. The van der Waals surface area contributed by atoms with Crippen molar-refractivity contribution in [1.82, 2.24) is 4.90 Å². The van der Waals surface area contributed by atoms with Crippen LogP contribution in [0.15, 0.2) is 78.9 Å². The molecule has 0 amide bonds. The van der Waals surface area contributed by atoms with Crippen molar-refractivity contribution in [3.05, 3.63) is 101 Å². The maximum absolute atomic E-state index is 14.2. The van der Waals surface area contributed by atoms with Gasteiger partial charge in [0, 0.05) is 25.2 Å². The van der Waals surface area contributed by atoms with Crippen LogP contribution in [-0.4, -0.2) is 29.8 Å². The highest BCUT2D eigenvalue weighted by atomic mass is 19.1. The first-order valence-electron chi connectivity index (χ1n) is 9.44. The predicted octanol–water partition coefficient (Wildman–Crippen LogP) is 4.44. The summed E-state index contributed by atoms with van der Waals surface area (Å²) < 4.78 is 19.4. The first-order valence-corrected chi connectivity index (χ1v) is 9.44. The Morgan fingerprint density at radius 3 is 2.21 bits per heavy atom. The Balaban J connectivity index is 1.72. The number of hydrogen-bond acceptors (Lipinski definition) is 3. The number of aliphatic hydroxyl groups excluding tert-OH is 1. The molecular formula is C24H26FNO2. The van der Waals surface area contributed by atoms with E-state index in [4.69, 9.17) is 4.74 Å². The summed E-state index contributed by atoms with van der Waals surface area (Å²) in [6.07, 6.45) is 0.0319. The molecule has 146 valence electrons. The summed E-state index contributed by atoms with van der Waals surface area (Å²) in [6, 6.07) is 24.5. The molecule has 1 N–H and O–H groups in total. The second-order valence-electron chi connectivity index (χ2n) is 6.95. The molecule has 0 fully saturated rings. The monoisotopic (exact) mass is 379 g/mol. The number of ether oxygens (including phenoxy) is 1. The molecule has 0 aliphatic rings. The van der Waals surface area contributed by atoms with Crippen molar-refractivity contribution in [1.29, 1.82) is 0 Å². The first kappa shape index (κ1) is 20.1. The van der Waals surface area contributed by atoms with Crippen molar-refractivity contribution in [3.63, 3.8) is 0 Å². The molecule has 3 aromatic carbocycles. The normalized spacial score (nSPS) is 12.1. The summed E-state index contributed by atoms with van der Waals surface area (Å²) >= 11 is 0. The van der Waals surface area contributed by atoms with Gasteiger partial charge in [-0.05, 0) is 35.7 Å². The van der Waals surface area contributed by atoms with Crippen molar-refractivity contribution in [2.45, 2.75) is 25.6 Å². The van der Waals surface area contributed by atoms with E-state index in [0.717, 1.165) is 16.9 Å². The van der Waals surface area contributed by atoms with Gasteiger partial charge in [0.25, 0.3) is 0 Å². The maximum atomic E-state index is 14.2. The third-order valence-corrected chi connectivity index (χ3v) is 4.70. The fourth-order valence-electron chi connectivity index (χ4n) is 3.29. The van der Waals surface area contributed by atoms with Crippen molar-refractivity contribution in [2.24, 2.45) is 0 Å². The van der Waals surface area contributed by atoms with Gasteiger partial charge in [0.05, 0.1) is 13.2 Å². The summed E-state index contributed by atoms with van der Waals surface area (Å²) in [6.45, 7) is 1.50. The van der Waals surface area contributed by atoms with Crippen LogP contribution in [0.5, 0.6) is 5.75 Å². The Morgan fingerprint density at radius 2 is 1.54 bits per heavy atom. The molecule has 0 aliphatic heterocycles. The second-order valence-corrected chi connectivity index (χ2v) is 6.95. The van der Waals surface area contributed by atoms with Crippen molar-refractivity contribution in [2.75, 3.05) is 13.7 Å². The van der Waals surface area contributed by atoms with Gasteiger partial charge in [-0.2, -0.15) is 0 Å². The lowest BCUT2D eigenvalue weighted by Crippen LogP contribution is -2.33. The van der Waals surface area contributed by atoms with Gasteiger partial charge >= 0.3 is 0 Å². The van der Waals surface area contributed by atoms with Gasteiger partial charge in [0.2, 0.25) is 0 Å². The summed E-state index contributed by atoms with van der Waals surface area (Å²) in [4.78, 5) is 2.08. The summed E-state index contributed by atoms with van der Waals surface area (Å²) in [5.41, 5.74) is 2.80. The fourth-order valence-corrected chi connectivity index (χ4v) is 3.29. The van der Waals surface area contributed by atoms with Crippen molar-refractivity contribution < 1.29 is 14.2 Å². The van der Waals surface area contributed by atoms with Gasteiger partial charge < -0.3 is 9.84 Å². The van der Waals surface area contributed by atoms with E-state index in [-0.39, 0.29) is 5.82 Å². The van der Waals surface area contributed by atoms with E-state index in [1.807, 2.05) is 60.7 Å². The average molecular weight is 379 g/mol. The third-order valence-electron chi connectivity index (χ3n) is 4.70. The minimum atomic E-state index is -0.535. The van der Waals surface area contributed by atoms with Gasteiger partial charge in [-0.15, -0.1) is 0 Å². The summed E-state index contributed by atoms with van der Waals surface area (Å²) in [5, 5.41) is 10.6. The Bertz CT molecular complexity index is 852. The van der Waals surface area contributed by atoms with Gasteiger partial charge in [-0.1, -0.05) is 60.7 Å². The quantitative estimate of drug-likeness (QED) is 0.597. The van der Waals surface area contributed by atoms with Gasteiger partial charge in [0.15, 0.2) is 0 Å². The molecule has 0 heterocycles. The Kier molecular flexibility index (Phi) is 7.18.